The molecule has 4 aliphatic rings. The quantitative estimate of drug-likeness (QED) is 0.0703. The Balaban J connectivity index is 1.22. The number of fused-ring (bicyclic) bond motifs is 5. The van der Waals surface area contributed by atoms with Gasteiger partial charge >= 0.3 is 6.16 Å². The van der Waals surface area contributed by atoms with Crippen molar-refractivity contribution in [3.63, 3.8) is 0 Å². The average Bonchev–Trinajstić information content (AvgIpc) is 3.42. The van der Waals surface area contributed by atoms with E-state index in [0.717, 1.165) is 67.6 Å². The standard InChI is InChI=1S/C46H80O3/c1-7-8-9-10-11-12-13-14-15-16-17-18-19-20-21-22-31-46(49-43(47)48)34-33-44(5)38(35-46)26-27-39-41-29-28-40(37(4)25-23-24-36(2)3)45(41,6)32-30-42(39)44/h14-15,26,36-37,39-42H,7-13,16-25,27-35H2,1-6H3,(H,47,48)/t37-,39?,40-,41?,42?,44+,45-,46?/m1/s1. The molecule has 0 aromatic rings. The van der Waals surface area contributed by atoms with E-state index in [1.807, 2.05) is 0 Å². The number of carboxylic acid groups (broad SMARTS) is 1. The van der Waals surface area contributed by atoms with Crippen molar-refractivity contribution in [2.45, 2.75) is 214 Å². The maximum absolute atomic E-state index is 12.0. The summed E-state index contributed by atoms with van der Waals surface area (Å²) in [6.45, 7) is 14.8. The van der Waals surface area contributed by atoms with Crippen LogP contribution < -0.4 is 0 Å². The van der Waals surface area contributed by atoms with Crippen LogP contribution in [0.4, 0.5) is 4.79 Å². The van der Waals surface area contributed by atoms with E-state index in [1.165, 1.54) is 135 Å². The molecule has 0 amide bonds. The van der Waals surface area contributed by atoms with Gasteiger partial charge in [-0.15, -0.1) is 0 Å². The molecule has 282 valence electrons. The fraction of sp³-hybridized carbons (Fsp3) is 0.891. The highest BCUT2D eigenvalue weighted by atomic mass is 16.7. The van der Waals surface area contributed by atoms with Gasteiger partial charge in [0.25, 0.3) is 0 Å². The van der Waals surface area contributed by atoms with Gasteiger partial charge in [0, 0.05) is 6.42 Å². The summed E-state index contributed by atoms with van der Waals surface area (Å²) in [5, 5.41) is 9.85. The van der Waals surface area contributed by atoms with Gasteiger partial charge in [-0.2, -0.15) is 0 Å². The molecule has 0 aromatic carbocycles. The summed E-state index contributed by atoms with van der Waals surface area (Å²) in [6.07, 6.45) is 39.3. The Kier molecular flexibility index (Phi) is 16.2. The molecule has 3 heteroatoms. The van der Waals surface area contributed by atoms with Crippen LogP contribution in [0.2, 0.25) is 0 Å². The Morgan fingerprint density at radius 3 is 2.12 bits per heavy atom. The third kappa shape index (κ3) is 10.9. The van der Waals surface area contributed by atoms with Crippen molar-refractivity contribution in [3.05, 3.63) is 23.8 Å². The number of carbonyl (C=O) groups is 1. The van der Waals surface area contributed by atoms with Crippen LogP contribution in [-0.4, -0.2) is 16.9 Å². The molecule has 0 bridgehead atoms. The minimum absolute atomic E-state index is 0.222. The summed E-state index contributed by atoms with van der Waals surface area (Å²) in [5.41, 5.74) is 1.76. The lowest BCUT2D eigenvalue weighted by atomic mass is 9.46. The van der Waals surface area contributed by atoms with Gasteiger partial charge in [0.2, 0.25) is 0 Å². The third-order valence-corrected chi connectivity index (χ3v) is 14.9. The van der Waals surface area contributed by atoms with Crippen LogP contribution in [-0.2, 0) is 4.74 Å². The lowest BCUT2D eigenvalue weighted by molar-refractivity contribution is -0.0877. The fourth-order valence-corrected chi connectivity index (χ4v) is 12.0. The number of hydrogen-bond acceptors (Lipinski definition) is 2. The average molecular weight is 681 g/mol. The van der Waals surface area contributed by atoms with Crippen molar-refractivity contribution in [2.24, 2.45) is 46.3 Å². The predicted molar refractivity (Wildman–Crippen MR) is 209 cm³/mol. The van der Waals surface area contributed by atoms with Crippen molar-refractivity contribution in [1.82, 2.24) is 0 Å². The smallest absolute Gasteiger partial charge is 0.450 e. The van der Waals surface area contributed by atoms with Gasteiger partial charge in [-0.25, -0.2) is 4.79 Å². The molecule has 4 unspecified atom stereocenters. The Morgan fingerprint density at radius 2 is 1.47 bits per heavy atom. The van der Waals surface area contributed by atoms with E-state index in [0.29, 0.717) is 5.41 Å². The number of rotatable bonds is 22. The Hall–Kier alpha value is -1.25. The second-order valence-electron chi connectivity index (χ2n) is 18.7. The summed E-state index contributed by atoms with van der Waals surface area (Å²) >= 11 is 0. The molecule has 49 heavy (non-hydrogen) atoms. The van der Waals surface area contributed by atoms with E-state index in [1.54, 1.807) is 5.57 Å². The van der Waals surface area contributed by atoms with E-state index < -0.39 is 11.8 Å². The van der Waals surface area contributed by atoms with Gasteiger partial charge in [0.1, 0.15) is 5.60 Å². The van der Waals surface area contributed by atoms with E-state index in [2.05, 4.69) is 59.8 Å². The molecule has 0 saturated heterocycles. The van der Waals surface area contributed by atoms with Crippen molar-refractivity contribution in [1.29, 1.82) is 0 Å². The second-order valence-corrected chi connectivity index (χ2v) is 18.7. The molecule has 0 spiro atoms. The summed E-state index contributed by atoms with van der Waals surface area (Å²) in [6, 6.07) is 0. The first-order valence-electron chi connectivity index (χ1n) is 21.8. The molecule has 0 heterocycles. The molecule has 3 fully saturated rings. The first-order valence-corrected chi connectivity index (χ1v) is 21.8. The Labute approximate surface area is 304 Å². The van der Waals surface area contributed by atoms with Crippen LogP contribution in [0.25, 0.3) is 0 Å². The number of ether oxygens (including phenoxy) is 1. The molecule has 8 atom stereocenters. The molecular formula is C46H80O3. The molecule has 1 N–H and O–H groups in total. The van der Waals surface area contributed by atoms with Gasteiger partial charge in [0.05, 0.1) is 0 Å². The second kappa shape index (κ2) is 19.5. The summed E-state index contributed by atoms with van der Waals surface area (Å²) < 4.78 is 5.87. The number of allylic oxidation sites excluding steroid dienone is 3. The van der Waals surface area contributed by atoms with Gasteiger partial charge in [0.15, 0.2) is 0 Å². The van der Waals surface area contributed by atoms with E-state index in [9.17, 15) is 9.90 Å². The number of unbranched alkanes of at least 4 members (excludes halogenated alkanes) is 12. The van der Waals surface area contributed by atoms with Gasteiger partial charge < -0.3 is 9.84 Å². The fourth-order valence-electron chi connectivity index (χ4n) is 12.0. The van der Waals surface area contributed by atoms with Crippen LogP contribution in [0, 0.1) is 46.3 Å². The molecule has 0 radical (unpaired) electrons. The van der Waals surface area contributed by atoms with E-state index in [-0.39, 0.29) is 5.41 Å². The summed E-state index contributed by atoms with van der Waals surface area (Å²) in [7, 11) is 0. The highest BCUT2D eigenvalue weighted by Gasteiger charge is 2.60. The molecule has 3 saturated carbocycles. The zero-order valence-corrected chi connectivity index (χ0v) is 33.3. The van der Waals surface area contributed by atoms with Gasteiger partial charge in [-0.1, -0.05) is 142 Å². The summed E-state index contributed by atoms with van der Waals surface area (Å²) in [5.74, 6) is 4.99. The monoisotopic (exact) mass is 681 g/mol. The molecule has 4 aliphatic carbocycles. The third-order valence-electron chi connectivity index (χ3n) is 14.9. The van der Waals surface area contributed by atoms with Crippen LogP contribution in [0.1, 0.15) is 208 Å². The van der Waals surface area contributed by atoms with Crippen molar-refractivity contribution in [3.8, 4) is 0 Å². The van der Waals surface area contributed by atoms with E-state index >= 15 is 0 Å². The minimum atomic E-state index is -1.07. The first-order chi connectivity index (χ1) is 23.5. The molecular weight excluding hydrogens is 601 g/mol. The topological polar surface area (TPSA) is 46.5 Å². The van der Waals surface area contributed by atoms with Crippen LogP contribution in [0.5, 0.6) is 0 Å². The lowest BCUT2D eigenvalue weighted by Crippen LogP contribution is -2.53. The molecule has 3 nitrogen and oxygen atoms in total. The SMILES string of the molecule is CCCCCCCCC=CCCCCCCCCC1(OC(=O)O)CC[C@@]2(C)C(=CCC3C2CC[C@@]2(C)C3CC[C@@H]2[C@H](C)CCCC(C)C)C1. The van der Waals surface area contributed by atoms with Gasteiger partial charge in [-0.3, -0.25) is 0 Å². The zero-order valence-electron chi connectivity index (χ0n) is 33.3. The number of hydrogen-bond donors (Lipinski definition) is 1. The van der Waals surface area contributed by atoms with Gasteiger partial charge in [-0.05, 0) is 130 Å². The highest BCUT2D eigenvalue weighted by Crippen LogP contribution is 2.68. The van der Waals surface area contributed by atoms with E-state index in [4.69, 9.17) is 4.74 Å². The predicted octanol–water partition coefficient (Wildman–Crippen LogP) is 14.9. The lowest BCUT2D eigenvalue weighted by Gasteiger charge is -2.59. The maximum Gasteiger partial charge on any atom is 0.506 e. The van der Waals surface area contributed by atoms with Crippen molar-refractivity contribution in [2.75, 3.05) is 0 Å². The maximum atomic E-state index is 12.0. The van der Waals surface area contributed by atoms with Crippen LogP contribution in [0.3, 0.4) is 0 Å². The van der Waals surface area contributed by atoms with Crippen molar-refractivity contribution >= 4 is 6.16 Å². The first kappa shape index (κ1) is 40.5. The molecule has 0 aromatic heterocycles. The van der Waals surface area contributed by atoms with Crippen LogP contribution >= 0.6 is 0 Å². The highest BCUT2D eigenvalue weighted by molar-refractivity contribution is 5.58. The van der Waals surface area contributed by atoms with Crippen molar-refractivity contribution < 1.29 is 14.6 Å². The Bertz CT molecular complexity index is 1040. The summed E-state index contributed by atoms with van der Waals surface area (Å²) in [4.78, 5) is 12.0. The Morgan fingerprint density at radius 1 is 0.816 bits per heavy atom. The molecule has 0 aliphatic heterocycles. The normalized spacial score (nSPS) is 33.2. The largest absolute Gasteiger partial charge is 0.506 e. The zero-order chi connectivity index (χ0) is 35.3. The molecule has 4 rings (SSSR count). The van der Waals surface area contributed by atoms with Crippen LogP contribution in [0.15, 0.2) is 23.8 Å². The minimum Gasteiger partial charge on any atom is -0.450 e.